The van der Waals surface area contributed by atoms with Gasteiger partial charge in [-0.1, -0.05) is 29.8 Å². The number of methoxy groups -OCH3 is 2. The van der Waals surface area contributed by atoms with E-state index in [-0.39, 0.29) is 5.69 Å². The highest BCUT2D eigenvalue weighted by Gasteiger charge is 2.25. The number of hydrogen-bond acceptors (Lipinski definition) is 4. The summed E-state index contributed by atoms with van der Waals surface area (Å²) < 4.78 is 12.2. The summed E-state index contributed by atoms with van der Waals surface area (Å²) in [4.78, 5) is 26.2. The van der Waals surface area contributed by atoms with Crippen molar-refractivity contribution in [1.82, 2.24) is 4.40 Å². The van der Waals surface area contributed by atoms with Gasteiger partial charge in [-0.3, -0.25) is 9.59 Å². The quantitative estimate of drug-likeness (QED) is 0.338. The minimum Gasteiger partial charge on any atom is -0.497 e. The number of carbonyl (C=O) groups is 2. The molecule has 0 saturated heterocycles. The number of nitrogens with zero attached hydrogens (tertiary/aromatic N) is 1. The molecule has 156 valence electrons. The van der Waals surface area contributed by atoms with E-state index in [0.29, 0.717) is 27.8 Å². The highest BCUT2D eigenvalue weighted by atomic mass is 35.5. The van der Waals surface area contributed by atoms with Crippen LogP contribution in [0.3, 0.4) is 0 Å². The van der Waals surface area contributed by atoms with Gasteiger partial charge in [-0.2, -0.15) is 0 Å². The fourth-order valence-corrected chi connectivity index (χ4v) is 3.58. The van der Waals surface area contributed by atoms with E-state index in [1.807, 2.05) is 42.5 Å². The minimum absolute atomic E-state index is 0.263. The molecular formula is C24H19ClN2O4. The van der Waals surface area contributed by atoms with Gasteiger partial charge in [0.05, 0.1) is 19.9 Å². The van der Waals surface area contributed by atoms with Crippen LogP contribution in [0.1, 0.15) is 10.5 Å². The number of fused-ring (bicyclic) bond motifs is 1. The Hall–Kier alpha value is -3.77. The Kier molecular flexibility index (Phi) is 5.64. The van der Waals surface area contributed by atoms with E-state index in [9.17, 15) is 9.59 Å². The lowest BCUT2D eigenvalue weighted by Gasteiger charge is -2.11. The summed E-state index contributed by atoms with van der Waals surface area (Å²) in [5, 5.41) is 3.03. The lowest BCUT2D eigenvalue weighted by Crippen LogP contribution is -2.25. The van der Waals surface area contributed by atoms with Crippen molar-refractivity contribution in [3.05, 3.63) is 83.6 Å². The van der Waals surface area contributed by atoms with Crippen LogP contribution < -0.4 is 14.8 Å². The third kappa shape index (κ3) is 3.98. The van der Waals surface area contributed by atoms with Crippen LogP contribution in [0.4, 0.5) is 5.69 Å². The molecule has 4 aromatic rings. The number of carbonyl (C=O) groups excluding carboxylic acids is 2. The summed E-state index contributed by atoms with van der Waals surface area (Å²) in [7, 11) is 3.06. The molecule has 1 amide bonds. The van der Waals surface area contributed by atoms with Crippen molar-refractivity contribution in [2.75, 3.05) is 19.5 Å². The maximum absolute atomic E-state index is 13.3. The predicted octanol–water partition coefficient (Wildman–Crippen LogP) is 5.10. The molecule has 0 bridgehead atoms. The summed E-state index contributed by atoms with van der Waals surface area (Å²) in [5.41, 5.74) is 2.82. The van der Waals surface area contributed by atoms with Crippen molar-refractivity contribution in [3.63, 3.8) is 0 Å². The Balaban J connectivity index is 1.76. The van der Waals surface area contributed by atoms with Crippen molar-refractivity contribution in [1.29, 1.82) is 0 Å². The standard InChI is InChI=1S/C24H19ClN2O4/c1-30-18-9-6-15(7-10-18)19-14-17-5-3-4-12-27(17)22(19)23(28)24(29)26-20-13-16(25)8-11-21(20)31-2/h3-14H,1-2H3,(H,26,29). The summed E-state index contributed by atoms with van der Waals surface area (Å²) in [6.45, 7) is 0. The lowest BCUT2D eigenvalue weighted by molar-refractivity contribution is -0.112. The molecule has 0 aliphatic carbocycles. The highest BCUT2D eigenvalue weighted by Crippen LogP contribution is 2.31. The topological polar surface area (TPSA) is 69.0 Å². The largest absolute Gasteiger partial charge is 0.497 e. The number of anilines is 1. The first-order valence-electron chi connectivity index (χ1n) is 9.45. The number of hydrogen-bond donors (Lipinski definition) is 1. The van der Waals surface area contributed by atoms with Gasteiger partial charge in [0.25, 0.3) is 11.7 Å². The van der Waals surface area contributed by atoms with E-state index < -0.39 is 11.7 Å². The van der Waals surface area contributed by atoms with Crippen LogP contribution in [0.15, 0.2) is 72.9 Å². The first kappa shape index (κ1) is 20.5. The van der Waals surface area contributed by atoms with Gasteiger partial charge in [0, 0.05) is 22.3 Å². The molecule has 2 aromatic heterocycles. The molecule has 7 heteroatoms. The number of ether oxygens (including phenoxy) is 2. The Bertz CT molecular complexity index is 1280. The van der Waals surface area contributed by atoms with Gasteiger partial charge in [-0.05, 0) is 54.1 Å². The van der Waals surface area contributed by atoms with Crippen LogP contribution in [0.5, 0.6) is 11.5 Å². The van der Waals surface area contributed by atoms with Crippen LogP contribution in [-0.4, -0.2) is 30.3 Å². The van der Waals surface area contributed by atoms with Crippen molar-refractivity contribution < 1.29 is 19.1 Å². The molecule has 0 aliphatic heterocycles. The molecule has 0 fully saturated rings. The maximum Gasteiger partial charge on any atom is 0.298 e. The number of Topliss-reactive ketones (excluding diaryl/α,β-unsaturated/α-hetero) is 1. The molecule has 6 nitrogen and oxygen atoms in total. The van der Waals surface area contributed by atoms with Gasteiger partial charge >= 0.3 is 0 Å². The van der Waals surface area contributed by atoms with Crippen molar-refractivity contribution in [2.45, 2.75) is 0 Å². The fraction of sp³-hybridized carbons (Fsp3) is 0.0833. The van der Waals surface area contributed by atoms with E-state index in [1.54, 1.807) is 35.9 Å². The Morgan fingerprint density at radius 1 is 0.935 bits per heavy atom. The maximum atomic E-state index is 13.3. The van der Waals surface area contributed by atoms with E-state index in [1.165, 1.54) is 13.2 Å². The van der Waals surface area contributed by atoms with Gasteiger partial charge in [0.1, 0.15) is 17.2 Å². The SMILES string of the molecule is COc1ccc(-c2cc3ccccn3c2C(=O)C(=O)Nc2cc(Cl)ccc2OC)cc1. The van der Waals surface area contributed by atoms with Crippen LogP contribution in [0.25, 0.3) is 16.6 Å². The van der Waals surface area contributed by atoms with Crippen molar-refractivity contribution in [3.8, 4) is 22.6 Å². The summed E-state index contributed by atoms with van der Waals surface area (Å²) in [5.74, 6) is -0.370. The van der Waals surface area contributed by atoms with Gasteiger partial charge < -0.3 is 19.2 Å². The normalized spacial score (nSPS) is 10.7. The number of ketones is 1. The molecule has 0 unspecified atom stereocenters. The van der Waals surface area contributed by atoms with Gasteiger partial charge in [0.15, 0.2) is 0 Å². The second-order valence-corrected chi connectivity index (χ2v) is 7.19. The van der Waals surface area contributed by atoms with Gasteiger partial charge in [-0.15, -0.1) is 0 Å². The number of benzene rings is 2. The van der Waals surface area contributed by atoms with Gasteiger partial charge in [0.2, 0.25) is 0 Å². The number of amides is 1. The van der Waals surface area contributed by atoms with Crippen LogP contribution >= 0.6 is 11.6 Å². The first-order chi connectivity index (χ1) is 15.0. The Labute approximate surface area is 184 Å². The van der Waals surface area contributed by atoms with Crippen molar-refractivity contribution in [2.24, 2.45) is 0 Å². The van der Waals surface area contributed by atoms with Gasteiger partial charge in [-0.25, -0.2) is 0 Å². The molecule has 2 heterocycles. The predicted molar refractivity (Wildman–Crippen MR) is 120 cm³/mol. The highest BCUT2D eigenvalue weighted by molar-refractivity contribution is 6.47. The van der Waals surface area contributed by atoms with E-state index in [4.69, 9.17) is 21.1 Å². The minimum atomic E-state index is -0.792. The van der Waals surface area contributed by atoms with Crippen LogP contribution in [0.2, 0.25) is 5.02 Å². The second-order valence-electron chi connectivity index (χ2n) is 6.76. The lowest BCUT2D eigenvalue weighted by atomic mass is 10.0. The Morgan fingerprint density at radius 3 is 2.42 bits per heavy atom. The fourth-order valence-electron chi connectivity index (χ4n) is 3.41. The number of aromatic nitrogens is 1. The van der Waals surface area contributed by atoms with E-state index in [0.717, 1.165) is 11.1 Å². The van der Waals surface area contributed by atoms with E-state index in [2.05, 4.69) is 5.32 Å². The second kappa shape index (κ2) is 8.53. The van der Waals surface area contributed by atoms with Crippen molar-refractivity contribution >= 4 is 34.5 Å². The molecular weight excluding hydrogens is 416 g/mol. The molecule has 0 radical (unpaired) electrons. The summed E-state index contributed by atoms with van der Waals surface area (Å²) in [6.07, 6.45) is 1.75. The molecule has 0 atom stereocenters. The average molecular weight is 435 g/mol. The molecule has 0 aliphatic rings. The zero-order chi connectivity index (χ0) is 22.0. The number of rotatable bonds is 6. The number of nitrogens with one attached hydrogen (secondary N) is 1. The van der Waals surface area contributed by atoms with Crippen LogP contribution in [-0.2, 0) is 4.79 Å². The smallest absolute Gasteiger partial charge is 0.298 e. The monoisotopic (exact) mass is 434 g/mol. The number of pyridine rings is 1. The number of halogens is 1. The molecule has 31 heavy (non-hydrogen) atoms. The summed E-state index contributed by atoms with van der Waals surface area (Å²) >= 11 is 6.04. The van der Waals surface area contributed by atoms with E-state index >= 15 is 0 Å². The molecule has 0 saturated carbocycles. The third-order valence-corrected chi connectivity index (χ3v) is 5.15. The molecule has 0 spiro atoms. The zero-order valence-electron chi connectivity index (χ0n) is 16.9. The Morgan fingerprint density at radius 2 is 1.71 bits per heavy atom. The third-order valence-electron chi connectivity index (χ3n) is 4.91. The summed E-state index contributed by atoms with van der Waals surface area (Å²) in [6, 6.07) is 19.5. The zero-order valence-corrected chi connectivity index (χ0v) is 17.6. The first-order valence-corrected chi connectivity index (χ1v) is 9.83. The molecule has 1 N–H and O–H groups in total. The molecule has 4 rings (SSSR count). The van der Waals surface area contributed by atoms with Crippen LogP contribution in [0, 0.1) is 0 Å². The average Bonchev–Trinajstić information content (AvgIpc) is 3.18. The molecule has 2 aromatic carbocycles.